The van der Waals surface area contributed by atoms with Crippen molar-refractivity contribution in [3.8, 4) is 16.6 Å². The van der Waals surface area contributed by atoms with Crippen LogP contribution in [0.15, 0.2) is 52.9 Å². The number of ether oxygens (including phenoxy) is 2. The third-order valence-electron chi connectivity index (χ3n) is 4.96. The summed E-state index contributed by atoms with van der Waals surface area (Å²) in [6.07, 6.45) is 0. The second kappa shape index (κ2) is 8.59. The zero-order chi connectivity index (χ0) is 22.9. The first-order valence-electron chi connectivity index (χ1n) is 10.6. The molecule has 3 aromatic heterocycles. The Bertz CT molecular complexity index is 1470. The number of carbonyl (C=O) groups excluding carboxylic acids is 1. The highest BCUT2D eigenvalue weighted by molar-refractivity contribution is 7.20. The van der Waals surface area contributed by atoms with E-state index in [1.807, 2.05) is 57.2 Å². The summed E-state index contributed by atoms with van der Waals surface area (Å²) in [5, 5.41) is 8.87. The van der Waals surface area contributed by atoms with Crippen LogP contribution in [-0.2, 0) is 0 Å². The fourth-order valence-corrected chi connectivity index (χ4v) is 4.55. The fraction of sp³-hybridized carbons (Fsp3) is 0.208. The first kappa shape index (κ1) is 21.0. The van der Waals surface area contributed by atoms with Crippen molar-refractivity contribution in [1.82, 2.24) is 14.8 Å². The minimum Gasteiger partial charge on any atom is -0.492 e. The van der Waals surface area contributed by atoms with Gasteiger partial charge >= 0.3 is 0 Å². The van der Waals surface area contributed by atoms with E-state index in [0.717, 1.165) is 27.0 Å². The summed E-state index contributed by atoms with van der Waals surface area (Å²) in [6.45, 7) is 6.76. The third-order valence-corrected chi connectivity index (χ3v) is 5.95. The molecule has 5 rings (SSSR count). The van der Waals surface area contributed by atoms with Crippen molar-refractivity contribution in [2.75, 3.05) is 18.5 Å². The zero-order valence-corrected chi connectivity index (χ0v) is 19.2. The van der Waals surface area contributed by atoms with Crippen LogP contribution < -0.4 is 14.8 Å². The number of furan rings is 1. The van der Waals surface area contributed by atoms with Gasteiger partial charge in [-0.2, -0.15) is 9.78 Å². The summed E-state index contributed by atoms with van der Waals surface area (Å²) < 4.78 is 19.7. The highest BCUT2D eigenvalue weighted by Crippen LogP contribution is 2.33. The lowest BCUT2D eigenvalue weighted by Gasteiger charge is -2.05. The van der Waals surface area contributed by atoms with Gasteiger partial charge in [0.1, 0.15) is 17.1 Å². The van der Waals surface area contributed by atoms with Gasteiger partial charge in [-0.05, 0) is 45.0 Å². The number of hydrogen-bond donors (Lipinski definition) is 1. The summed E-state index contributed by atoms with van der Waals surface area (Å²) in [7, 11) is 0. The van der Waals surface area contributed by atoms with E-state index in [4.69, 9.17) is 18.9 Å². The van der Waals surface area contributed by atoms with E-state index < -0.39 is 0 Å². The Kier molecular flexibility index (Phi) is 5.47. The molecule has 0 spiro atoms. The van der Waals surface area contributed by atoms with Crippen LogP contribution >= 0.6 is 11.3 Å². The summed E-state index contributed by atoms with van der Waals surface area (Å²) in [4.78, 5) is 17.8. The predicted molar refractivity (Wildman–Crippen MR) is 128 cm³/mol. The molecule has 0 saturated heterocycles. The number of thiazole rings is 1. The van der Waals surface area contributed by atoms with Gasteiger partial charge in [-0.25, -0.2) is 4.98 Å². The van der Waals surface area contributed by atoms with Crippen LogP contribution in [0.25, 0.3) is 26.3 Å². The van der Waals surface area contributed by atoms with Crippen molar-refractivity contribution in [2.45, 2.75) is 20.8 Å². The Hall–Kier alpha value is -3.85. The lowest BCUT2D eigenvalue weighted by atomic mass is 10.2. The maximum Gasteiger partial charge on any atom is 0.292 e. The smallest absolute Gasteiger partial charge is 0.292 e. The maximum atomic E-state index is 13.0. The predicted octanol–water partition coefficient (Wildman–Crippen LogP) is 5.59. The molecule has 5 aromatic rings. The van der Waals surface area contributed by atoms with Crippen molar-refractivity contribution >= 4 is 44.2 Å². The van der Waals surface area contributed by atoms with E-state index in [1.165, 1.54) is 11.3 Å². The van der Waals surface area contributed by atoms with Crippen molar-refractivity contribution in [3.63, 3.8) is 0 Å². The largest absolute Gasteiger partial charge is 0.492 e. The number of carbonyl (C=O) groups is 1. The number of fused-ring (bicyclic) bond motifs is 2. The number of nitrogens with zero attached hydrogens (tertiary/aromatic N) is 3. The van der Waals surface area contributed by atoms with Gasteiger partial charge < -0.3 is 19.2 Å². The molecule has 8 nitrogen and oxygen atoms in total. The monoisotopic (exact) mass is 462 g/mol. The number of amides is 1. The Balaban J connectivity index is 1.48. The number of hydrogen-bond acceptors (Lipinski definition) is 7. The minimum absolute atomic E-state index is 0.186. The number of aryl methyl sites for hydroxylation is 1. The second-order valence-electron chi connectivity index (χ2n) is 7.29. The van der Waals surface area contributed by atoms with E-state index in [0.29, 0.717) is 35.5 Å². The van der Waals surface area contributed by atoms with Gasteiger partial charge in [0.05, 0.1) is 23.6 Å². The molecule has 9 heteroatoms. The van der Waals surface area contributed by atoms with Crippen LogP contribution in [0.2, 0.25) is 0 Å². The molecule has 0 aliphatic rings. The lowest BCUT2D eigenvalue weighted by Crippen LogP contribution is -2.14. The third kappa shape index (κ3) is 3.91. The average Bonchev–Trinajstić information content (AvgIpc) is 3.51. The number of rotatable bonds is 7. The zero-order valence-electron chi connectivity index (χ0n) is 18.4. The molecule has 0 unspecified atom stereocenters. The van der Waals surface area contributed by atoms with Gasteiger partial charge in [-0.1, -0.05) is 29.5 Å². The van der Waals surface area contributed by atoms with Crippen LogP contribution in [0.4, 0.5) is 5.82 Å². The second-order valence-corrected chi connectivity index (χ2v) is 8.30. The van der Waals surface area contributed by atoms with E-state index in [9.17, 15) is 4.79 Å². The molecule has 3 heterocycles. The first-order chi connectivity index (χ1) is 16.1. The Morgan fingerprint density at radius 1 is 1.09 bits per heavy atom. The highest BCUT2D eigenvalue weighted by Gasteiger charge is 2.20. The van der Waals surface area contributed by atoms with Crippen LogP contribution in [0.1, 0.15) is 30.1 Å². The van der Waals surface area contributed by atoms with E-state index in [1.54, 1.807) is 16.8 Å². The molecular formula is C24H22N4O4S. The topological polar surface area (TPSA) is 91.4 Å². The van der Waals surface area contributed by atoms with Crippen LogP contribution in [0.5, 0.6) is 11.5 Å². The Labute approximate surface area is 193 Å². The average molecular weight is 463 g/mol. The molecule has 0 atom stereocenters. The SMILES string of the molecule is CCOc1cccc2sc(-n3nc(C)cc3NC(=O)c3cc4cccc(OCC)c4o3)nc12. The number of para-hydroxylation sites is 2. The van der Waals surface area contributed by atoms with Crippen molar-refractivity contribution in [2.24, 2.45) is 0 Å². The summed E-state index contributed by atoms with van der Waals surface area (Å²) >= 11 is 1.47. The Morgan fingerprint density at radius 3 is 2.67 bits per heavy atom. The van der Waals surface area contributed by atoms with Gasteiger partial charge in [0.15, 0.2) is 17.1 Å². The molecule has 0 radical (unpaired) electrons. The molecule has 1 amide bonds. The van der Waals surface area contributed by atoms with E-state index in [2.05, 4.69) is 10.4 Å². The quantitative estimate of drug-likeness (QED) is 0.339. The lowest BCUT2D eigenvalue weighted by molar-refractivity contribution is 0.0998. The summed E-state index contributed by atoms with van der Waals surface area (Å²) in [5.41, 5.74) is 2.06. The molecule has 0 aliphatic heterocycles. The molecule has 1 N–H and O–H groups in total. The van der Waals surface area contributed by atoms with Gasteiger partial charge in [0, 0.05) is 11.5 Å². The standard InChI is InChI=1S/C24H22N4O4S/c1-4-30-16-9-7-11-19-21(16)26-24(33-19)28-20(12-14(3)27-28)25-23(29)18-13-15-8-6-10-17(31-5-2)22(15)32-18/h6-13H,4-5H2,1-3H3,(H,25,29). The van der Waals surface area contributed by atoms with Crippen LogP contribution in [0.3, 0.4) is 0 Å². The first-order valence-corrected chi connectivity index (χ1v) is 11.4. The van der Waals surface area contributed by atoms with Gasteiger partial charge in [0.25, 0.3) is 5.91 Å². The molecule has 168 valence electrons. The van der Waals surface area contributed by atoms with E-state index >= 15 is 0 Å². The van der Waals surface area contributed by atoms with Crippen molar-refractivity contribution < 1.29 is 18.7 Å². The summed E-state index contributed by atoms with van der Waals surface area (Å²) in [6, 6.07) is 14.9. The molecule has 0 aliphatic carbocycles. The molecule has 0 fully saturated rings. The Morgan fingerprint density at radius 2 is 1.85 bits per heavy atom. The molecule has 0 saturated carbocycles. The fourth-order valence-electron chi connectivity index (χ4n) is 3.60. The summed E-state index contributed by atoms with van der Waals surface area (Å²) in [5.74, 6) is 1.63. The van der Waals surface area contributed by atoms with Crippen LogP contribution in [-0.4, -0.2) is 33.9 Å². The minimum atomic E-state index is -0.383. The van der Waals surface area contributed by atoms with Gasteiger partial charge in [-0.15, -0.1) is 0 Å². The molecular weight excluding hydrogens is 440 g/mol. The molecule has 2 aromatic carbocycles. The maximum absolute atomic E-state index is 13.0. The van der Waals surface area contributed by atoms with E-state index in [-0.39, 0.29) is 11.7 Å². The van der Waals surface area contributed by atoms with Crippen molar-refractivity contribution in [1.29, 1.82) is 0 Å². The van der Waals surface area contributed by atoms with Crippen molar-refractivity contribution in [3.05, 3.63) is 60.0 Å². The normalized spacial score (nSPS) is 11.2. The highest BCUT2D eigenvalue weighted by atomic mass is 32.1. The number of aromatic nitrogens is 3. The number of nitrogens with one attached hydrogen (secondary N) is 1. The number of benzene rings is 2. The number of anilines is 1. The van der Waals surface area contributed by atoms with Gasteiger partial charge in [-0.3, -0.25) is 4.79 Å². The van der Waals surface area contributed by atoms with Gasteiger partial charge in [0.2, 0.25) is 5.13 Å². The van der Waals surface area contributed by atoms with Crippen LogP contribution in [0, 0.1) is 6.92 Å². The molecule has 33 heavy (non-hydrogen) atoms. The molecule has 0 bridgehead atoms.